The minimum absolute atomic E-state index is 0.0942. The predicted molar refractivity (Wildman–Crippen MR) is 107 cm³/mol. The maximum Gasteiger partial charge on any atom is 0.251 e. The third-order valence-electron chi connectivity index (χ3n) is 4.69. The van der Waals surface area contributed by atoms with Gasteiger partial charge in [-0.2, -0.15) is 0 Å². The molecule has 0 bridgehead atoms. The molecule has 1 aromatic heterocycles. The summed E-state index contributed by atoms with van der Waals surface area (Å²) in [4.78, 5) is 38.5. The Kier molecular flexibility index (Phi) is 6.19. The summed E-state index contributed by atoms with van der Waals surface area (Å²) in [5.74, 6) is -1.00. The van der Waals surface area contributed by atoms with Gasteiger partial charge in [-0.1, -0.05) is 32.0 Å². The Morgan fingerprint density at radius 2 is 1.96 bits per heavy atom. The highest BCUT2D eigenvalue weighted by Gasteiger charge is 2.36. The Labute approximate surface area is 163 Å². The Morgan fingerprint density at radius 3 is 2.52 bits per heavy atom. The minimum atomic E-state index is -0.657. The highest BCUT2D eigenvalue weighted by Crippen LogP contribution is 2.24. The molecule has 1 fully saturated rings. The zero-order chi connectivity index (χ0) is 19.4. The molecular formula is C21H24N2O3S. The van der Waals surface area contributed by atoms with E-state index in [4.69, 9.17) is 0 Å². The molecule has 1 aliphatic rings. The molecule has 0 saturated carbocycles. The summed E-state index contributed by atoms with van der Waals surface area (Å²) >= 11 is 1.64. The molecule has 1 aliphatic heterocycles. The van der Waals surface area contributed by atoms with Crippen molar-refractivity contribution >= 4 is 28.8 Å². The molecule has 2 heterocycles. The summed E-state index contributed by atoms with van der Waals surface area (Å²) in [5.41, 5.74) is 1.56. The summed E-state index contributed by atoms with van der Waals surface area (Å²) in [6, 6.07) is 10.7. The number of thiophene rings is 1. The molecule has 2 N–H and O–H groups in total. The van der Waals surface area contributed by atoms with Crippen LogP contribution in [0.5, 0.6) is 0 Å². The Hall–Kier alpha value is -2.31. The van der Waals surface area contributed by atoms with Crippen LogP contribution in [0.2, 0.25) is 0 Å². The number of hydrogen-bond acceptors (Lipinski definition) is 5. The van der Waals surface area contributed by atoms with Crippen LogP contribution < -0.4 is 10.6 Å². The monoisotopic (exact) mass is 384 g/mol. The molecule has 5 nitrogen and oxygen atoms in total. The molecule has 6 heteroatoms. The van der Waals surface area contributed by atoms with Crippen LogP contribution in [0.15, 0.2) is 41.8 Å². The smallest absolute Gasteiger partial charge is 0.251 e. The van der Waals surface area contributed by atoms with E-state index in [0.29, 0.717) is 18.5 Å². The van der Waals surface area contributed by atoms with E-state index in [1.165, 1.54) is 0 Å². The first-order chi connectivity index (χ1) is 13.0. The molecule has 3 rings (SSSR count). The van der Waals surface area contributed by atoms with E-state index < -0.39 is 12.0 Å². The molecule has 2 unspecified atom stereocenters. The van der Waals surface area contributed by atoms with Crippen LogP contribution >= 0.6 is 11.3 Å². The Bertz CT molecular complexity index is 812. The van der Waals surface area contributed by atoms with E-state index in [-0.39, 0.29) is 29.9 Å². The first kappa shape index (κ1) is 19.5. The average Bonchev–Trinajstić information content (AvgIpc) is 3.32. The number of carbonyl (C=O) groups is 3. The van der Waals surface area contributed by atoms with Gasteiger partial charge in [0.05, 0.1) is 18.5 Å². The van der Waals surface area contributed by atoms with Gasteiger partial charge in [-0.15, -0.1) is 11.3 Å². The second-order valence-corrected chi connectivity index (χ2v) is 8.21. The number of carbonyl (C=O) groups excluding carboxylic acids is 3. The number of rotatable bonds is 7. The third-order valence-corrected chi connectivity index (χ3v) is 5.61. The van der Waals surface area contributed by atoms with Crippen LogP contribution in [0.4, 0.5) is 0 Å². The standard InChI is InChI=1S/C21H24N2O3S/c1-13(2)10-17(20(25)16-11-22-12-18(16)24)23-21(26)15-7-5-14(6-8-15)19-4-3-9-27-19/h3-9,13,16-17,22H,10-12H2,1-2H3,(H,23,26). The van der Waals surface area contributed by atoms with Crippen LogP contribution in [0.3, 0.4) is 0 Å². The van der Waals surface area contributed by atoms with E-state index in [9.17, 15) is 14.4 Å². The van der Waals surface area contributed by atoms with E-state index in [1.807, 2.05) is 43.5 Å². The first-order valence-corrected chi connectivity index (χ1v) is 10.1. The van der Waals surface area contributed by atoms with Crippen molar-refractivity contribution in [1.82, 2.24) is 10.6 Å². The number of ketones is 2. The molecule has 0 aliphatic carbocycles. The summed E-state index contributed by atoms with van der Waals surface area (Å²) in [6.07, 6.45) is 0.516. The second kappa shape index (κ2) is 8.59. The van der Waals surface area contributed by atoms with Gasteiger partial charge in [-0.05, 0) is 41.5 Å². The van der Waals surface area contributed by atoms with Crippen molar-refractivity contribution in [3.8, 4) is 10.4 Å². The maximum absolute atomic E-state index is 12.8. The predicted octanol–water partition coefficient (Wildman–Crippen LogP) is 2.92. The van der Waals surface area contributed by atoms with E-state index in [2.05, 4.69) is 10.6 Å². The molecule has 142 valence electrons. The zero-order valence-corrected chi connectivity index (χ0v) is 16.3. The van der Waals surface area contributed by atoms with Crippen molar-refractivity contribution in [2.75, 3.05) is 13.1 Å². The minimum Gasteiger partial charge on any atom is -0.342 e. The molecule has 0 radical (unpaired) electrons. The first-order valence-electron chi connectivity index (χ1n) is 9.17. The Balaban J connectivity index is 1.72. The highest BCUT2D eigenvalue weighted by atomic mass is 32.1. The second-order valence-electron chi connectivity index (χ2n) is 7.26. The van der Waals surface area contributed by atoms with Crippen LogP contribution in [0.1, 0.15) is 30.6 Å². The molecule has 2 atom stereocenters. The van der Waals surface area contributed by atoms with Crippen molar-refractivity contribution < 1.29 is 14.4 Å². The van der Waals surface area contributed by atoms with Gasteiger partial charge in [0.2, 0.25) is 0 Å². The van der Waals surface area contributed by atoms with E-state index in [0.717, 1.165) is 10.4 Å². The van der Waals surface area contributed by atoms with Crippen molar-refractivity contribution in [2.45, 2.75) is 26.3 Å². The maximum atomic E-state index is 12.8. The quantitative estimate of drug-likeness (QED) is 0.720. The van der Waals surface area contributed by atoms with Gasteiger partial charge in [-0.25, -0.2) is 0 Å². The fraction of sp³-hybridized carbons (Fsp3) is 0.381. The lowest BCUT2D eigenvalue weighted by atomic mass is 9.91. The lowest BCUT2D eigenvalue weighted by molar-refractivity contribution is -0.131. The number of Topliss-reactive ketones (excluding diaryl/α,β-unsaturated/α-hetero) is 2. The number of amides is 1. The lowest BCUT2D eigenvalue weighted by Crippen LogP contribution is -2.46. The molecule has 27 heavy (non-hydrogen) atoms. The van der Waals surface area contributed by atoms with Crippen molar-refractivity contribution in [2.24, 2.45) is 11.8 Å². The molecule has 1 saturated heterocycles. The number of benzene rings is 1. The molecular weight excluding hydrogens is 360 g/mol. The summed E-state index contributed by atoms with van der Waals surface area (Å²) in [5, 5.41) is 7.80. The fourth-order valence-corrected chi connectivity index (χ4v) is 4.00. The van der Waals surface area contributed by atoms with Crippen LogP contribution in [-0.2, 0) is 9.59 Å². The number of hydrogen-bond donors (Lipinski definition) is 2. The summed E-state index contributed by atoms with van der Waals surface area (Å²) in [7, 11) is 0. The van der Waals surface area contributed by atoms with Gasteiger partial charge < -0.3 is 10.6 Å². The van der Waals surface area contributed by atoms with Gasteiger partial charge in [0.15, 0.2) is 11.6 Å². The molecule has 1 aromatic carbocycles. The normalized spacial score (nSPS) is 17.9. The van der Waals surface area contributed by atoms with Crippen LogP contribution in [-0.4, -0.2) is 36.6 Å². The van der Waals surface area contributed by atoms with Crippen LogP contribution in [0.25, 0.3) is 10.4 Å². The lowest BCUT2D eigenvalue weighted by Gasteiger charge is -2.22. The largest absolute Gasteiger partial charge is 0.342 e. The van der Waals surface area contributed by atoms with Gasteiger partial charge in [0, 0.05) is 17.0 Å². The summed E-state index contributed by atoms with van der Waals surface area (Å²) in [6.45, 7) is 4.58. The van der Waals surface area contributed by atoms with Gasteiger partial charge in [-0.3, -0.25) is 14.4 Å². The number of nitrogens with one attached hydrogen (secondary N) is 2. The van der Waals surface area contributed by atoms with E-state index >= 15 is 0 Å². The average molecular weight is 385 g/mol. The van der Waals surface area contributed by atoms with Gasteiger partial charge >= 0.3 is 0 Å². The SMILES string of the molecule is CC(C)CC(NC(=O)c1ccc(-c2cccs2)cc1)C(=O)C1CNCC1=O. The summed E-state index contributed by atoms with van der Waals surface area (Å²) < 4.78 is 0. The topological polar surface area (TPSA) is 75.3 Å². The third kappa shape index (κ3) is 4.70. The van der Waals surface area contributed by atoms with Crippen LogP contribution in [0, 0.1) is 11.8 Å². The zero-order valence-electron chi connectivity index (χ0n) is 15.5. The molecule has 1 amide bonds. The van der Waals surface area contributed by atoms with E-state index in [1.54, 1.807) is 23.5 Å². The van der Waals surface area contributed by atoms with Gasteiger partial charge in [0.25, 0.3) is 5.91 Å². The molecule has 0 spiro atoms. The van der Waals surface area contributed by atoms with Crippen molar-refractivity contribution in [3.63, 3.8) is 0 Å². The van der Waals surface area contributed by atoms with Crippen molar-refractivity contribution in [3.05, 3.63) is 47.3 Å². The fourth-order valence-electron chi connectivity index (χ4n) is 3.27. The molecule has 2 aromatic rings. The highest BCUT2D eigenvalue weighted by molar-refractivity contribution is 7.13. The van der Waals surface area contributed by atoms with Crippen molar-refractivity contribution in [1.29, 1.82) is 0 Å². The van der Waals surface area contributed by atoms with Gasteiger partial charge in [0.1, 0.15) is 0 Å². The Morgan fingerprint density at radius 1 is 1.22 bits per heavy atom.